The summed E-state index contributed by atoms with van der Waals surface area (Å²) in [5.74, 6) is -0.974. The van der Waals surface area contributed by atoms with Gasteiger partial charge in [0.25, 0.3) is 5.91 Å². The molecule has 0 bridgehead atoms. The van der Waals surface area contributed by atoms with Gasteiger partial charge in [-0.1, -0.05) is 48.5 Å². The van der Waals surface area contributed by atoms with Crippen LogP contribution in [0.15, 0.2) is 91.4 Å². The Morgan fingerprint density at radius 3 is 2.25 bits per heavy atom. The van der Waals surface area contributed by atoms with Crippen LogP contribution in [0.25, 0.3) is 16.9 Å². The van der Waals surface area contributed by atoms with Crippen LogP contribution in [0.5, 0.6) is 0 Å². The highest BCUT2D eigenvalue weighted by Gasteiger charge is 2.29. The Hall–Kier alpha value is -4.26. The van der Waals surface area contributed by atoms with Crippen LogP contribution >= 0.6 is 0 Å². The van der Waals surface area contributed by atoms with Gasteiger partial charge in [-0.3, -0.25) is 9.78 Å². The second-order valence-electron chi connectivity index (χ2n) is 7.34. The number of para-hydroxylation sites is 1. The van der Waals surface area contributed by atoms with Crippen LogP contribution in [0, 0.1) is 0 Å². The lowest BCUT2D eigenvalue weighted by Gasteiger charge is -2.21. The van der Waals surface area contributed by atoms with Gasteiger partial charge in [0.15, 0.2) is 0 Å². The number of nitrogens with zero attached hydrogens (tertiary/aromatic N) is 4. The average molecular weight is 426 g/mol. The highest BCUT2D eigenvalue weighted by molar-refractivity contribution is 5.97. The number of amides is 1. The molecule has 0 aliphatic carbocycles. The first-order valence-electron chi connectivity index (χ1n) is 10.1. The maximum atomic E-state index is 13.3. The van der Waals surface area contributed by atoms with Crippen LogP contribution in [-0.4, -0.2) is 45.6 Å². The number of hydrogen-bond acceptors (Lipinski definition) is 5. The van der Waals surface area contributed by atoms with Gasteiger partial charge in [0.2, 0.25) is 6.10 Å². The molecule has 7 heteroatoms. The molecule has 1 atom stereocenters. The zero-order chi connectivity index (χ0) is 22.5. The monoisotopic (exact) mass is 426 g/mol. The molecule has 1 amide bonds. The van der Waals surface area contributed by atoms with Crippen LogP contribution in [0.1, 0.15) is 22.0 Å². The van der Waals surface area contributed by atoms with Gasteiger partial charge in [-0.05, 0) is 24.3 Å². The highest BCUT2D eigenvalue weighted by Crippen LogP contribution is 2.27. The van der Waals surface area contributed by atoms with Crippen LogP contribution in [0.2, 0.25) is 0 Å². The minimum atomic E-state index is -1.07. The topological polar surface area (TPSA) is 77.3 Å². The van der Waals surface area contributed by atoms with E-state index in [9.17, 15) is 9.59 Å². The molecule has 160 valence electrons. The largest absolute Gasteiger partial charge is 0.444 e. The maximum Gasteiger partial charge on any atom is 0.343 e. The van der Waals surface area contributed by atoms with Gasteiger partial charge in [0.1, 0.15) is 11.3 Å². The zero-order valence-corrected chi connectivity index (χ0v) is 17.8. The lowest BCUT2D eigenvalue weighted by molar-refractivity contribution is -0.138. The Labute approximate surface area is 185 Å². The third kappa shape index (κ3) is 4.41. The van der Waals surface area contributed by atoms with E-state index in [0.29, 0.717) is 16.8 Å². The molecule has 0 spiro atoms. The van der Waals surface area contributed by atoms with Crippen LogP contribution in [0.4, 0.5) is 0 Å². The summed E-state index contributed by atoms with van der Waals surface area (Å²) in [5.41, 5.74) is 2.73. The van der Waals surface area contributed by atoms with Crippen LogP contribution in [-0.2, 0) is 9.53 Å². The molecule has 0 unspecified atom stereocenters. The van der Waals surface area contributed by atoms with Crippen molar-refractivity contribution in [2.45, 2.75) is 6.10 Å². The van der Waals surface area contributed by atoms with Crippen molar-refractivity contribution in [1.29, 1.82) is 0 Å². The fourth-order valence-electron chi connectivity index (χ4n) is 3.25. The minimum Gasteiger partial charge on any atom is -0.444 e. The number of carbonyl (C=O) groups excluding carboxylic acids is 2. The quantitative estimate of drug-likeness (QED) is 0.437. The van der Waals surface area contributed by atoms with Gasteiger partial charge in [-0.25, -0.2) is 9.48 Å². The Morgan fingerprint density at radius 2 is 1.62 bits per heavy atom. The van der Waals surface area contributed by atoms with Crippen molar-refractivity contribution in [2.75, 3.05) is 14.1 Å². The molecule has 2 aromatic heterocycles. The van der Waals surface area contributed by atoms with E-state index in [0.717, 1.165) is 5.69 Å². The molecule has 0 aliphatic heterocycles. The van der Waals surface area contributed by atoms with Crippen molar-refractivity contribution in [3.8, 4) is 16.9 Å². The van der Waals surface area contributed by atoms with Gasteiger partial charge in [0.05, 0.1) is 5.69 Å². The SMILES string of the molecule is CN(C)C(=O)[C@H](OC(=O)c1cn(-c2ccccc2)nc1-c1cccnc1)c1ccccc1. The predicted octanol–water partition coefficient (Wildman–Crippen LogP) is 3.92. The molecule has 0 saturated carbocycles. The average Bonchev–Trinajstić information content (AvgIpc) is 3.29. The van der Waals surface area contributed by atoms with Crippen molar-refractivity contribution >= 4 is 11.9 Å². The molecule has 7 nitrogen and oxygen atoms in total. The number of aromatic nitrogens is 3. The number of rotatable bonds is 6. The summed E-state index contributed by atoms with van der Waals surface area (Å²) < 4.78 is 7.37. The normalized spacial score (nSPS) is 11.6. The molecule has 0 aliphatic rings. The summed E-state index contributed by atoms with van der Waals surface area (Å²) >= 11 is 0. The van der Waals surface area contributed by atoms with Crippen molar-refractivity contribution in [3.63, 3.8) is 0 Å². The molecule has 4 rings (SSSR count). The van der Waals surface area contributed by atoms with E-state index in [4.69, 9.17) is 4.74 Å². The fraction of sp³-hybridized carbons (Fsp3) is 0.120. The molecule has 4 aromatic rings. The number of esters is 1. The molecule has 0 N–H and O–H groups in total. The molecule has 32 heavy (non-hydrogen) atoms. The van der Waals surface area contributed by atoms with Crippen molar-refractivity contribution in [1.82, 2.24) is 19.7 Å². The first-order chi connectivity index (χ1) is 15.5. The lowest BCUT2D eigenvalue weighted by atomic mass is 10.1. The number of hydrogen-bond donors (Lipinski definition) is 0. The van der Waals surface area contributed by atoms with E-state index >= 15 is 0 Å². The Balaban J connectivity index is 1.75. The maximum absolute atomic E-state index is 13.3. The van der Waals surface area contributed by atoms with Gasteiger partial charge in [0, 0.05) is 43.8 Å². The van der Waals surface area contributed by atoms with Gasteiger partial charge in [-0.15, -0.1) is 0 Å². The van der Waals surface area contributed by atoms with Crippen molar-refractivity contribution in [2.24, 2.45) is 0 Å². The minimum absolute atomic E-state index is 0.245. The molecule has 2 heterocycles. The van der Waals surface area contributed by atoms with Crippen LogP contribution in [0.3, 0.4) is 0 Å². The third-order valence-electron chi connectivity index (χ3n) is 4.88. The van der Waals surface area contributed by atoms with Gasteiger partial charge >= 0.3 is 5.97 Å². The molecule has 0 fully saturated rings. The summed E-state index contributed by atoms with van der Waals surface area (Å²) in [6, 6.07) is 22.0. The summed E-state index contributed by atoms with van der Waals surface area (Å²) in [6.07, 6.45) is 3.83. The van der Waals surface area contributed by atoms with Gasteiger partial charge in [-0.2, -0.15) is 5.10 Å². The smallest absolute Gasteiger partial charge is 0.343 e. The van der Waals surface area contributed by atoms with Crippen LogP contribution < -0.4 is 0 Å². The summed E-state index contributed by atoms with van der Waals surface area (Å²) in [7, 11) is 3.25. The zero-order valence-electron chi connectivity index (χ0n) is 17.8. The molecule has 0 saturated heterocycles. The van der Waals surface area contributed by atoms with E-state index < -0.39 is 12.1 Å². The van der Waals surface area contributed by atoms with Crippen molar-refractivity contribution < 1.29 is 14.3 Å². The van der Waals surface area contributed by atoms with E-state index in [1.54, 1.807) is 67.7 Å². The Bertz CT molecular complexity index is 1210. The Kier molecular flexibility index (Phi) is 6.07. The second-order valence-corrected chi connectivity index (χ2v) is 7.34. The number of benzene rings is 2. The fourth-order valence-corrected chi connectivity index (χ4v) is 3.25. The van der Waals surface area contributed by atoms with Crippen molar-refractivity contribution in [3.05, 3.63) is 103 Å². The summed E-state index contributed by atoms with van der Waals surface area (Å²) in [4.78, 5) is 31.7. The first-order valence-corrected chi connectivity index (χ1v) is 10.1. The number of ether oxygens (including phenoxy) is 1. The number of pyridine rings is 1. The molecule has 0 radical (unpaired) electrons. The van der Waals surface area contributed by atoms with E-state index in [1.807, 2.05) is 42.5 Å². The molecular formula is C25H22N4O3. The lowest BCUT2D eigenvalue weighted by Crippen LogP contribution is -2.31. The predicted molar refractivity (Wildman–Crippen MR) is 120 cm³/mol. The standard InChI is InChI=1S/C25H22N4O3/c1-28(2)24(30)23(18-10-5-3-6-11-18)32-25(31)21-17-29(20-13-7-4-8-14-20)27-22(21)19-12-9-15-26-16-19/h3-17,23H,1-2H3/t23-/m1/s1. The molecular weight excluding hydrogens is 404 g/mol. The molecule has 2 aromatic carbocycles. The summed E-state index contributed by atoms with van der Waals surface area (Å²) in [6.45, 7) is 0. The second kappa shape index (κ2) is 9.26. The van der Waals surface area contributed by atoms with E-state index in [1.165, 1.54) is 4.90 Å². The first kappa shape index (κ1) is 21.0. The van der Waals surface area contributed by atoms with E-state index in [2.05, 4.69) is 10.1 Å². The summed E-state index contributed by atoms with van der Waals surface area (Å²) in [5, 5.41) is 4.61. The Morgan fingerprint density at radius 1 is 0.938 bits per heavy atom. The third-order valence-corrected chi connectivity index (χ3v) is 4.88. The van der Waals surface area contributed by atoms with Gasteiger partial charge < -0.3 is 9.64 Å². The highest BCUT2D eigenvalue weighted by atomic mass is 16.5. The number of carbonyl (C=O) groups is 2. The number of likely N-dealkylation sites (N-methyl/N-ethyl adjacent to an activating group) is 1. The van der Waals surface area contributed by atoms with E-state index in [-0.39, 0.29) is 11.5 Å².